The summed E-state index contributed by atoms with van der Waals surface area (Å²) in [5.41, 5.74) is 2.62. The second-order valence-corrected chi connectivity index (χ2v) is 6.52. The summed E-state index contributed by atoms with van der Waals surface area (Å²) in [5, 5.41) is 2.80. The molecule has 0 atom stereocenters. The highest BCUT2D eigenvalue weighted by molar-refractivity contribution is 5.80. The van der Waals surface area contributed by atoms with E-state index in [2.05, 4.69) is 15.3 Å². The van der Waals surface area contributed by atoms with Gasteiger partial charge < -0.3 is 9.88 Å². The van der Waals surface area contributed by atoms with Crippen molar-refractivity contribution in [2.75, 3.05) is 6.54 Å². The van der Waals surface area contributed by atoms with Crippen molar-refractivity contribution in [2.45, 2.75) is 13.1 Å². The summed E-state index contributed by atoms with van der Waals surface area (Å²) in [6, 6.07) is 14.8. The Morgan fingerprint density at radius 3 is 2.55 bits per heavy atom. The third-order valence-electron chi connectivity index (χ3n) is 4.54. The fourth-order valence-corrected chi connectivity index (χ4v) is 3.04. The highest BCUT2D eigenvalue weighted by atomic mass is 19.1. The Kier molecular flexibility index (Phi) is 5.15. The van der Waals surface area contributed by atoms with Crippen molar-refractivity contribution in [3.05, 3.63) is 83.4 Å². The summed E-state index contributed by atoms with van der Waals surface area (Å²) < 4.78 is 16.2. The van der Waals surface area contributed by atoms with E-state index in [4.69, 9.17) is 0 Å². The molecule has 2 heterocycles. The average Bonchev–Trinajstić information content (AvgIpc) is 3.13. The van der Waals surface area contributed by atoms with Crippen molar-refractivity contribution in [3.63, 3.8) is 0 Å². The second kappa shape index (κ2) is 8.05. The van der Waals surface area contributed by atoms with E-state index in [1.807, 2.05) is 24.3 Å². The minimum Gasteiger partial charge on any atom is -0.353 e. The predicted molar refractivity (Wildman–Crippen MR) is 107 cm³/mol. The van der Waals surface area contributed by atoms with Gasteiger partial charge >= 0.3 is 0 Å². The molecule has 146 valence electrons. The zero-order valence-corrected chi connectivity index (χ0v) is 15.5. The highest BCUT2D eigenvalue weighted by Gasteiger charge is 2.07. The van der Waals surface area contributed by atoms with E-state index in [1.165, 1.54) is 29.1 Å². The number of benzene rings is 2. The number of aromatic nitrogens is 4. The summed E-state index contributed by atoms with van der Waals surface area (Å²) in [6.07, 6.45) is 3.06. The summed E-state index contributed by atoms with van der Waals surface area (Å²) in [6.45, 7) is 0.742. The molecule has 0 fully saturated rings. The molecule has 0 spiro atoms. The first-order valence-corrected chi connectivity index (χ1v) is 9.09. The fraction of sp³-hybridized carbons (Fsp3) is 0.143. The van der Waals surface area contributed by atoms with Crippen LogP contribution >= 0.6 is 0 Å². The van der Waals surface area contributed by atoms with E-state index >= 15 is 0 Å². The predicted octanol–water partition coefficient (Wildman–Crippen LogP) is 2.22. The van der Waals surface area contributed by atoms with E-state index in [9.17, 15) is 14.0 Å². The van der Waals surface area contributed by atoms with Gasteiger partial charge in [-0.25, -0.2) is 14.4 Å². The van der Waals surface area contributed by atoms with Gasteiger partial charge in [0.1, 0.15) is 12.4 Å². The van der Waals surface area contributed by atoms with Crippen LogP contribution in [0.25, 0.3) is 22.3 Å². The summed E-state index contributed by atoms with van der Waals surface area (Å²) in [4.78, 5) is 33.0. The highest BCUT2D eigenvalue weighted by Crippen LogP contribution is 2.15. The van der Waals surface area contributed by atoms with Crippen LogP contribution in [0.2, 0.25) is 0 Å². The number of para-hydroxylation sites is 2. The van der Waals surface area contributed by atoms with Gasteiger partial charge in [-0.05, 0) is 36.4 Å². The Morgan fingerprint density at radius 1 is 1.00 bits per heavy atom. The van der Waals surface area contributed by atoms with Crippen LogP contribution in [0.15, 0.2) is 72.0 Å². The quantitative estimate of drug-likeness (QED) is 0.546. The first-order chi connectivity index (χ1) is 14.1. The van der Waals surface area contributed by atoms with Gasteiger partial charge in [0.05, 0.1) is 29.4 Å². The number of carbonyl (C=O) groups excluding carboxylic acids is 1. The Bertz CT molecular complexity index is 1210. The number of hydrogen-bond acceptors (Lipinski definition) is 4. The van der Waals surface area contributed by atoms with E-state index in [1.54, 1.807) is 23.0 Å². The smallest absolute Gasteiger partial charge is 0.253 e. The average molecular weight is 391 g/mol. The molecular weight excluding hydrogens is 373 g/mol. The van der Waals surface area contributed by atoms with Crippen LogP contribution in [-0.4, -0.2) is 31.6 Å². The summed E-state index contributed by atoms with van der Waals surface area (Å²) in [7, 11) is 0. The first-order valence-electron chi connectivity index (χ1n) is 9.09. The van der Waals surface area contributed by atoms with Gasteiger partial charge in [-0.1, -0.05) is 12.1 Å². The Balaban J connectivity index is 1.35. The van der Waals surface area contributed by atoms with Gasteiger partial charge in [-0.3, -0.25) is 14.2 Å². The topological polar surface area (TPSA) is 81.8 Å². The lowest BCUT2D eigenvalue weighted by Gasteiger charge is -2.09. The number of fused-ring (bicyclic) bond motifs is 1. The lowest BCUT2D eigenvalue weighted by atomic mass is 10.1. The van der Waals surface area contributed by atoms with Gasteiger partial charge in [0.2, 0.25) is 5.91 Å². The van der Waals surface area contributed by atoms with Crippen LogP contribution in [0, 0.1) is 5.82 Å². The third-order valence-corrected chi connectivity index (χ3v) is 4.54. The molecule has 0 unspecified atom stereocenters. The van der Waals surface area contributed by atoms with Crippen molar-refractivity contribution in [1.82, 2.24) is 24.4 Å². The van der Waals surface area contributed by atoms with Crippen molar-refractivity contribution in [3.8, 4) is 11.3 Å². The number of hydrogen-bond donors (Lipinski definition) is 1. The molecule has 7 nitrogen and oxygen atoms in total. The molecule has 0 radical (unpaired) electrons. The van der Waals surface area contributed by atoms with E-state index in [0.717, 1.165) is 11.0 Å². The van der Waals surface area contributed by atoms with Crippen LogP contribution in [0.1, 0.15) is 0 Å². The number of amides is 1. The zero-order valence-electron chi connectivity index (χ0n) is 15.5. The molecule has 0 aliphatic heterocycles. The number of imidazole rings is 1. The van der Waals surface area contributed by atoms with Crippen LogP contribution in [-0.2, 0) is 17.9 Å². The van der Waals surface area contributed by atoms with Crippen LogP contribution in [0.3, 0.4) is 0 Å². The van der Waals surface area contributed by atoms with E-state index < -0.39 is 0 Å². The van der Waals surface area contributed by atoms with E-state index in [0.29, 0.717) is 24.3 Å². The number of nitrogens with zero attached hydrogens (tertiary/aromatic N) is 4. The molecule has 0 aliphatic carbocycles. The Morgan fingerprint density at radius 2 is 1.76 bits per heavy atom. The fourth-order valence-electron chi connectivity index (χ4n) is 3.04. The van der Waals surface area contributed by atoms with Gasteiger partial charge in [0.25, 0.3) is 5.56 Å². The Labute approximate surface area is 165 Å². The molecular formula is C21H18FN5O2. The van der Waals surface area contributed by atoms with Crippen molar-refractivity contribution >= 4 is 16.9 Å². The van der Waals surface area contributed by atoms with Crippen LogP contribution in [0.5, 0.6) is 0 Å². The molecule has 4 rings (SSSR count). The molecule has 29 heavy (non-hydrogen) atoms. The maximum Gasteiger partial charge on any atom is 0.253 e. The second-order valence-electron chi connectivity index (χ2n) is 6.52. The standard InChI is InChI=1S/C21H18FN5O2/c22-16-7-5-15(6-8-16)18-11-21(29)26(13-25-18)10-9-23-20(28)12-27-14-24-17-3-1-2-4-19(17)27/h1-8,11,13-14H,9-10,12H2,(H,23,28). The molecule has 1 amide bonds. The van der Waals surface area contributed by atoms with Crippen molar-refractivity contribution in [2.24, 2.45) is 0 Å². The molecule has 4 aromatic rings. The van der Waals surface area contributed by atoms with Gasteiger partial charge in [0.15, 0.2) is 0 Å². The summed E-state index contributed by atoms with van der Waals surface area (Å²) in [5.74, 6) is -0.515. The summed E-state index contributed by atoms with van der Waals surface area (Å²) >= 11 is 0. The minimum absolute atomic E-state index is 0.150. The molecule has 0 saturated heterocycles. The Hall–Kier alpha value is -3.81. The number of nitrogens with one attached hydrogen (secondary N) is 1. The first kappa shape index (κ1) is 18.5. The number of halogens is 1. The maximum absolute atomic E-state index is 13.0. The zero-order chi connectivity index (χ0) is 20.2. The molecule has 1 N–H and O–H groups in total. The van der Waals surface area contributed by atoms with Gasteiger partial charge in [-0.15, -0.1) is 0 Å². The largest absolute Gasteiger partial charge is 0.353 e. The minimum atomic E-state index is -0.346. The number of rotatable bonds is 6. The monoisotopic (exact) mass is 391 g/mol. The lowest BCUT2D eigenvalue weighted by Crippen LogP contribution is -2.32. The molecule has 8 heteroatoms. The molecule has 0 saturated carbocycles. The normalized spacial score (nSPS) is 10.9. The number of carbonyl (C=O) groups is 1. The van der Waals surface area contributed by atoms with Gasteiger partial charge in [-0.2, -0.15) is 0 Å². The van der Waals surface area contributed by atoms with Crippen molar-refractivity contribution < 1.29 is 9.18 Å². The SMILES string of the molecule is O=C(Cn1cnc2ccccc21)NCCn1cnc(-c2ccc(F)cc2)cc1=O. The van der Waals surface area contributed by atoms with E-state index in [-0.39, 0.29) is 23.8 Å². The molecule has 2 aromatic heterocycles. The molecule has 2 aromatic carbocycles. The van der Waals surface area contributed by atoms with Crippen LogP contribution in [0.4, 0.5) is 4.39 Å². The third kappa shape index (κ3) is 4.21. The molecule has 0 aliphatic rings. The lowest BCUT2D eigenvalue weighted by molar-refractivity contribution is -0.121. The molecule has 0 bridgehead atoms. The van der Waals surface area contributed by atoms with Gasteiger partial charge in [0, 0.05) is 24.7 Å². The van der Waals surface area contributed by atoms with Crippen LogP contribution < -0.4 is 10.9 Å². The maximum atomic E-state index is 13.0. The van der Waals surface area contributed by atoms with Crippen molar-refractivity contribution in [1.29, 1.82) is 0 Å².